The van der Waals surface area contributed by atoms with Gasteiger partial charge in [0.2, 0.25) is 5.91 Å². The van der Waals surface area contributed by atoms with Crippen LogP contribution in [0.15, 0.2) is 54.6 Å². The molecule has 0 spiro atoms. The predicted molar refractivity (Wildman–Crippen MR) is 136 cm³/mol. The van der Waals surface area contributed by atoms with Crippen LogP contribution in [-0.4, -0.2) is 68.6 Å². The molecule has 0 radical (unpaired) electrons. The topological polar surface area (TPSA) is 73.9 Å². The number of hydrogen-bond acceptors (Lipinski definition) is 5. The average Bonchev–Trinajstić information content (AvgIpc) is 2.86. The zero-order valence-electron chi connectivity index (χ0n) is 20.6. The van der Waals surface area contributed by atoms with Crippen molar-refractivity contribution in [3.63, 3.8) is 0 Å². The summed E-state index contributed by atoms with van der Waals surface area (Å²) in [5, 5.41) is 5.90. The van der Waals surface area contributed by atoms with E-state index in [9.17, 15) is 9.59 Å². The van der Waals surface area contributed by atoms with Crippen molar-refractivity contribution in [1.82, 2.24) is 15.5 Å². The first kappa shape index (κ1) is 25.6. The Morgan fingerprint density at radius 2 is 1.65 bits per heavy atom. The number of carbonyl (C=O) groups excluding carboxylic acids is 2. The lowest BCUT2D eigenvalue weighted by molar-refractivity contribution is -0.123. The maximum absolute atomic E-state index is 12.8. The molecular formula is C27H38N4O3. The van der Waals surface area contributed by atoms with Crippen LogP contribution < -0.4 is 20.3 Å². The largest absolute Gasteiger partial charge is 0.494 e. The first-order chi connectivity index (χ1) is 16.5. The molecule has 1 unspecified atom stereocenters. The molecule has 0 saturated carbocycles. The van der Waals surface area contributed by atoms with Gasteiger partial charge in [0.05, 0.1) is 6.61 Å². The molecular weight excluding hydrogens is 428 g/mol. The van der Waals surface area contributed by atoms with Crippen molar-refractivity contribution in [2.75, 3.05) is 50.8 Å². The van der Waals surface area contributed by atoms with Crippen molar-refractivity contribution >= 4 is 17.5 Å². The molecule has 2 amide bonds. The Morgan fingerprint density at radius 3 is 2.26 bits per heavy atom. The summed E-state index contributed by atoms with van der Waals surface area (Å²) < 4.78 is 5.42. The van der Waals surface area contributed by atoms with Crippen LogP contribution in [0.5, 0.6) is 5.75 Å². The number of carbonyl (C=O) groups is 2. The molecule has 3 rings (SSSR count). The molecule has 0 aromatic heterocycles. The zero-order valence-corrected chi connectivity index (χ0v) is 20.6. The molecule has 1 saturated heterocycles. The number of nitrogens with zero attached hydrogens (tertiary/aromatic N) is 2. The van der Waals surface area contributed by atoms with Crippen molar-refractivity contribution in [1.29, 1.82) is 0 Å². The van der Waals surface area contributed by atoms with E-state index in [-0.39, 0.29) is 17.7 Å². The number of anilines is 1. The second-order valence-electron chi connectivity index (χ2n) is 8.96. The van der Waals surface area contributed by atoms with Gasteiger partial charge >= 0.3 is 0 Å². The molecule has 0 bridgehead atoms. The van der Waals surface area contributed by atoms with Crippen LogP contribution in [0.2, 0.25) is 0 Å². The SMILES string of the molecule is CCOc1ccc(C(=O)NC(C(=O)NCCCN2CCN(c3ccccc3)CC2)C(C)C)cc1. The fourth-order valence-electron chi connectivity index (χ4n) is 4.12. The van der Waals surface area contributed by atoms with E-state index in [1.165, 1.54) is 5.69 Å². The van der Waals surface area contributed by atoms with Crippen molar-refractivity contribution in [2.45, 2.75) is 33.2 Å². The first-order valence-electron chi connectivity index (χ1n) is 12.3. The number of amides is 2. The lowest BCUT2D eigenvalue weighted by Crippen LogP contribution is -2.50. The third-order valence-electron chi connectivity index (χ3n) is 6.11. The molecule has 2 aromatic carbocycles. The minimum absolute atomic E-state index is 0.0160. The number of benzene rings is 2. The number of nitrogens with one attached hydrogen (secondary N) is 2. The van der Waals surface area contributed by atoms with Gasteiger partial charge in [0.15, 0.2) is 0 Å². The van der Waals surface area contributed by atoms with Gasteiger partial charge in [-0.3, -0.25) is 14.5 Å². The lowest BCUT2D eigenvalue weighted by atomic mass is 10.0. The minimum Gasteiger partial charge on any atom is -0.494 e. The number of hydrogen-bond donors (Lipinski definition) is 2. The van der Waals surface area contributed by atoms with Gasteiger partial charge in [-0.25, -0.2) is 0 Å². The number of rotatable bonds is 11. The molecule has 2 aromatic rings. The fourth-order valence-corrected chi connectivity index (χ4v) is 4.12. The highest BCUT2D eigenvalue weighted by Gasteiger charge is 2.24. The summed E-state index contributed by atoms with van der Waals surface area (Å²) in [6.07, 6.45) is 0.884. The van der Waals surface area contributed by atoms with Crippen LogP contribution in [0, 0.1) is 5.92 Å². The summed E-state index contributed by atoms with van der Waals surface area (Å²) in [7, 11) is 0. The second kappa shape index (κ2) is 13.0. The van der Waals surface area contributed by atoms with Crippen LogP contribution >= 0.6 is 0 Å². The average molecular weight is 467 g/mol. The summed E-state index contributed by atoms with van der Waals surface area (Å²) in [4.78, 5) is 30.3. The Balaban J connectivity index is 1.39. The van der Waals surface area contributed by atoms with Crippen LogP contribution in [0.3, 0.4) is 0 Å². The van der Waals surface area contributed by atoms with Crippen LogP contribution in [0.25, 0.3) is 0 Å². The van der Waals surface area contributed by atoms with E-state index < -0.39 is 6.04 Å². The molecule has 1 heterocycles. The van der Waals surface area contributed by atoms with Gasteiger partial charge in [-0.2, -0.15) is 0 Å². The van der Waals surface area contributed by atoms with Crippen molar-refractivity contribution in [2.24, 2.45) is 5.92 Å². The van der Waals surface area contributed by atoms with E-state index in [2.05, 4.69) is 44.7 Å². The highest BCUT2D eigenvalue weighted by atomic mass is 16.5. The van der Waals surface area contributed by atoms with E-state index in [1.807, 2.05) is 26.8 Å². The maximum Gasteiger partial charge on any atom is 0.251 e. The Bertz CT molecular complexity index is 894. The van der Waals surface area contributed by atoms with E-state index in [1.54, 1.807) is 24.3 Å². The van der Waals surface area contributed by atoms with Crippen molar-refractivity contribution < 1.29 is 14.3 Å². The van der Waals surface area contributed by atoms with Gasteiger partial charge in [-0.1, -0.05) is 32.0 Å². The molecule has 7 heteroatoms. The monoisotopic (exact) mass is 466 g/mol. The molecule has 1 atom stereocenters. The smallest absolute Gasteiger partial charge is 0.251 e. The van der Waals surface area contributed by atoms with E-state index in [0.29, 0.717) is 18.7 Å². The molecule has 1 aliphatic heterocycles. The number of ether oxygens (including phenoxy) is 1. The maximum atomic E-state index is 12.8. The Labute approximate surface area is 203 Å². The van der Waals surface area contributed by atoms with Gasteiger partial charge in [-0.05, 0) is 62.2 Å². The predicted octanol–water partition coefficient (Wildman–Crippen LogP) is 3.17. The zero-order chi connectivity index (χ0) is 24.3. The van der Waals surface area contributed by atoms with Gasteiger partial charge in [-0.15, -0.1) is 0 Å². The van der Waals surface area contributed by atoms with E-state index in [4.69, 9.17) is 4.74 Å². The minimum atomic E-state index is -0.575. The van der Waals surface area contributed by atoms with E-state index >= 15 is 0 Å². The number of piperazine rings is 1. The highest BCUT2D eigenvalue weighted by Crippen LogP contribution is 2.16. The van der Waals surface area contributed by atoms with Gasteiger partial charge in [0.1, 0.15) is 11.8 Å². The summed E-state index contributed by atoms with van der Waals surface area (Å²) in [5.41, 5.74) is 1.79. The third kappa shape index (κ3) is 7.48. The standard InChI is InChI=1S/C27H38N4O3/c1-4-34-24-13-11-22(12-14-24)26(32)29-25(21(2)3)27(33)28-15-8-16-30-17-19-31(20-18-30)23-9-6-5-7-10-23/h5-7,9-14,21,25H,4,8,15-20H2,1-3H3,(H,28,33)(H,29,32). The quantitative estimate of drug-likeness (QED) is 0.498. The summed E-state index contributed by atoms with van der Waals surface area (Å²) in [5.74, 6) is 0.313. The van der Waals surface area contributed by atoms with Crippen LogP contribution in [0.1, 0.15) is 37.6 Å². The number of para-hydroxylation sites is 1. The first-order valence-corrected chi connectivity index (χ1v) is 12.3. The molecule has 0 aliphatic carbocycles. The highest BCUT2D eigenvalue weighted by molar-refractivity contribution is 5.97. The Kier molecular flexibility index (Phi) is 9.76. The summed E-state index contributed by atoms with van der Waals surface area (Å²) in [6, 6.07) is 16.9. The molecule has 1 aliphatic rings. The Hall–Kier alpha value is -3.06. The Morgan fingerprint density at radius 1 is 0.971 bits per heavy atom. The summed E-state index contributed by atoms with van der Waals surface area (Å²) >= 11 is 0. The molecule has 2 N–H and O–H groups in total. The normalized spacial score (nSPS) is 15.1. The van der Waals surface area contributed by atoms with Crippen molar-refractivity contribution in [3.05, 3.63) is 60.2 Å². The third-order valence-corrected chi connectivity index (χ3v) is 6.11. The second-order valence-corrected chi connectivity index (χ2v) is 8.96. The lowest BCUT2D eigenvalue weighted by Gasteiger charge is -2.36. The van der Waals surface area contributed by atoms with Gasteiger partial charge in [0.25, 0.3) is 5.91 Å². The fraction of sp³-hybridized carbons (Fsp3) is 0.481. The summed E-state index contributed by atoms with van der Waals surface area (Å²) in [6.45, 7) is 12.0. The van der Waals surface area contributed by atoms with E-state index in [0.717, 1.165) is 44.9 Å². The van der Waals surface area contributed by atoms with Crippen molar-refractivity contribution in [3.8, 4) is 5.75 Å². The van der Waals surface area contributed by atoms with Gasteiger partial charge < -0.3 is 20.3 Å². The molecule has 34 heavy (non-hydrogen) atoms. The van der Waals surface area contributed by atoms with Crippen LogP contribution in [0.4, 0.5) is 5.69 Å². The van der Waals surface area contributed by atoms with Gasteiger partial charge in [0, 0.05) is 44.0 Å². The van der Waals surface area contributed by atoms with Crippen LogP contribution in [-0.2, 0) is 4.79 Å². The molecule has 1 fully saturated rings. The molecule has 184 valence electrons. The molecule has 7 nitrogen and oxygen atoms in total.